The molecule has 2 saturated heterocycles. The van der Waals surface area contributed by atoms with E-state index in [1.54, 1.807) is 18.4 Å². The molecule has 1 aromatic rings. The van der Waals surface area contributed by atoms with Gasteiger partial charge in [0.15, 0.2) is 11.7 Å². The lowest BCUT2D eigenvalue weighted by Gasteiger charge is -2.55. The van der Waals surface area contributed by atoms with Gasteiger partial charge >= 0.3 is 0 Å². The number of rotatable bonds is 3. The Morgan fingerprint density at radius 3 is 2.64 bits per heavy atom. The minimum absolute atomic E-state index is 0. The van der Waals surface area contributed by atoms with Gasteiger partial charge in [-0.25, -0.2) is 0 Å². The van der Waals surface area contributed by atoms with E-state index in [-0.39, 0.29) is 35.3 Å². The maximum atomic E-state index is 12.5. The maximum Gasteiger partial charge on any atom is 0.289 e. The van der Waals surface area contributed by atoms with E-state index in [0.29, 0.717) is 36.9 Å². The van der Waals surface area contributed by atoms with Crippen LogP contribution in [0.3, 0.4) is 0 Å². The number of halogens is 1. The number of hydrogen-bond donors (Lipinski definition) is 1. The monoisotopic (exact) mass is 502 g/mol. The summed E-state index contributed by atoms with van der Waals surface area (Å²) in [5, 5.41) is 3.73. The number of furan rings is 1. The molecule has 3 atom stereocenters. The molecule has 0 bridgehead atoms. The van der Waals surface area contributed by atoms with Crippen LogP contribution in [0.1, 0.15) is 37.7 Å². The van der Waals surface area contributed by atoms with Crippen molar-refractivity contribution in [2.45, 2.75) is 39.3 Å². The molecule has 0 aromatic carbocycles. The zero-order valence-electron chi connectivity index (χ0n) is 16.9. The number of guanidine groups is 1. The van der Waals surface area contributed by atoms with Gasteiger partial charge in [0.25, 0.3) is 5.91 Å². The highest BCUT2D eigenvalue weighted by molar-refractivity contribution is 14.0. The van der Waals surface area contributed by atoms with Crippen molar-refractivity contribution in [1.29, 1.82) is 0 Å². The molecular weight excluding hydrogens is 471 g/mol. The van der Waals surface area contributed by atoms with Crippen LogP contribution >= 0.6 is 24.0 Å². The molecule has 1 saturated carbocycles. The summed E-state index contributed by atoms with van der Waals surface area (Å²) in [7, 11) is 0. The summed E-state index contributed by atoms with van der Waals surface area (Å²) in [6.45, 7) is 11.1. The van der Waals surface area contributed by atoms with E-state index in [4.69, 9.17) is 14.1 Å². The van der Waals surface area contributed by atoms with Crippen LogP contribution in [0.4, 0.5) is 0 Å². The van der Waals surface area contributed by atoms with Crippen LogP contribution in [0.5, 0.6) is 0 Å². The standard InChI is InChI=1S/C20H30N4O3.HI/c1-4-21-19(22-16-14-7-13-27-17(14)20(16,2)3)24-10-8-23(9-11-24)18(25)15-6-5-12-26-15;/h5-6,12,14,16-17H,4,7-11,13H2,1-3H3,(H,21,22);1H. The lowest BCUT2D eigenvalue weighted by Crippen LogP contribution is -2.68. The maximum absolute atomic E-state index is 12.5. The van der Waals surface area contributed by atoms with Crippen molar-refractivity contribution < 1.29 is 13.9 Å². The fraction of sp³-hybridized carbons (Fsp3) is 0.700. The Kier molecular flexibility index (Phi) is 6.58. The van der Waals surface area contributed by atoms with Crippen molar-refractivity contribution in [3.05, 3.63) is 24.2 Å². The highest BCUT2D eigenvalue weighted by atomic mass is 127. The van der Waals surface area contributed by atoms with Crippen molar-refractivity contribution in [3.63, 3.8) is 0 Å². The Bertz CT molecular complexity index is 698. The van der Waals surface area contributed by atoms with Crippen LogP contribution in [0.25, 0.3) is 0 Å². The van der Waals surface area contributed by atoms with Gasteiger partial charge < -0.3 is 24.3 Å². The number of ether oxygens (including phenoxy) is 1. The third-order valence-corrected chi connectivity index (χ3v) is 6.29. The van der Waals surface area contributed by atoms with Gasteiger partial charge in [0.2, 0.25) is 0 Å². The third-order valence-electron chi connectivity index (χ3n) is 6.29. The fourth-order valence-electron chi connectivity index (χ4n) is 4.82. The molecule has 2 aliphatic heterocycles. The molecule has 0 spiro atoms. The van der Waals surface area contributed by atoms with Crippen molar-refractivity contribution >= 4 is 35.8 Å². The summed E-state index contributed by atoms with van der Waals surface area (Å²) in [4.78, 5) is 21.3. The molecule has 3 aliphatic rings. The number of carbonyl (C=O) groups excluding carboxylic acids is 1. The average Bonchev–Trinajstić information content (AvgIpc) is 3.35. The number of nitrogens with one attached hydrogen (secondary N) is 1. The van der Waals surface area contributed by atoms with Gasteiger partial charge in [0.1, 0.15) is 0 Å². The van der Waals surface area contributed by atoms with Crippen molar-refractivity contribution in [1.82, 2.24) is 15.1 Å². The Balaban J connectivity index is 0.00000225. The van der Waals surface area contributed by atoms with Crippen LogP contribution in [0.2, 0.25) is 0 Å². The molecule has 3 heterocycles. The average molecular weight is 502 g/mol. The summed E-state index contributed by atoms with van der Waals surface area (Å²) in [6.07, 6.45) is 3.02. The minimum Gasteiger partial charge on any atom is -0.459 e. The Morgan fingerprint density at radius 1 is 1.29 bits per heavy atom. The SMILES string of the molecule is CCN=C(NC1C2CCOC2C1(C)C)N1CCN(C(=O)c2ccco2)CC1.I. The van der Waals surface area contributed by atoms with Gasteiger partial charge in [0.05, 0.1) is 12.4 Å². The number of aliphatic imine (C=N–C) groups is 1. The van der Waals surface area contributed by atoms with Crippen LogP contribution < -0.4 is 5.32 Å². The van der Waals surface area contributed by atoms with E-state index in [2.05, 4.69) is 31.0 Å². The van der Waals surface area contributed by atoms with Crippen molar-refractivity contribution in [2.75, 3.05) is 39.3 Å². The lowest BCUT2D eigenvalue weighted by atomic mass is 9.57. The van der Waals surface area contributed by atoms with Gasteiger partial charge in [-0.3, -0.25) is 9.79 Å². The quantitative estimate of drug-likeness (QED) is 0.391. The summed E-state index contributed by atoms with van der Waals surface area (Å²) < 4.78 is 11.2. The highest BCUT2D eigenvalue weighted by Gasteiger charge is 2.59. The Morgan fingerprint density at radius 2 is 2.00 bits per heavy atom. The molecule has 156 valence electrons. The molecule has 28 heavy (non-hydrogen) atoms. The first-order valence-electron chi connectivity index (χ1n) is 10.0. The van der Waals surface area contributed by atoms with E-state index < -0.39 is 0 Å². The molecule has 3 unspecified atom stereocenters. The van der Waals surface area contributed by atoms with E-state index in [0.717, 1.165) is 38.6 Å². The number of amides is 1. The van der Waals surface area contributed by atoms with E-state index in [9.17, 15) is 4.79 Å². The first-order valence-corrected chi connectivity index (χ1v) is 10.0. The molecule has 1 N–H and O–H groups in total. The van der Waals surface area contributed by atoms with Crippen LogP contribution in [-0.2, 0) is 4.74 Å². The first-order chi connectivity index (χ1) is 13.0. The molecule has 1 aromatic heterocycles. The molecule has 3 fully saturated rings. The van der Waals surface area contributed by atoms with Gasteiger partial charge in [-0.15, -0.1) is 24.0 Å². The molecule has 4 rings (SSSR count). The Labute approximate surface area is 183 Å². The molecule has 1 amide bonds. The highest BCUT2D eigenvalue weighted by Crippen LogP contribution is 2.52. The molecule has 8 heteroatoms. The second-order valence-electron chi connectivity index (χ2n) is 8.24. The van der Waals surface area contributed by atoms with E-state index in [1.165, 1.54) is 0 Å². The number of hydrogen-bond acceptors (Lipinski definition) is 4. The number of piperazine rings is 1. The van der Waals surface area contributed by atoms with Crippen LogP contribution in [-0.4, -0.2) is 73.1 Å². The second-order valence-corrected chi connectivity index (χ2v) is 8.24. The van der Waals surface area contributed by atoms with E-state index in [1.807, 2.05) is 4.90 Å². The molecular formula is C20H31IN4O3. The van der Waals surface area contributed by atoms with Crippen molar-refractivity contribution in [2.24, 2.45) is 16.3 Å². The normalized spacial score (nSPS) is 29.0. The van der Waals surface area contributed by atoms with Crippen molar-refractivity contribution in [3.8, 4) is 0 Å². The van der Waals surface area contributed by atoms with Crippen LogP contribution in [0.15, 0.2) is 27.8 Å². The minimum atomic E-state index is -0.0346. The lowest BCUT2D eigenvalue weighted by molar-refractivity contribution is -0.107. The largest absolute Gasteiger partial charge is 0.459 e. The number of nitrogens with zero attached hydrogens (tertiary/aromatic N) is 3. The van der Waals surface area contributed by atoms with Gasteiger partial charge in [0, 0.05) is 56.7 Å². The third kappa shape index (κ3) is 3.77. The predicted molar refractivity (Wildman–Crippen MR) is 118 cm³/mol. The molecule has 0 radical (unpaired) electrons. The summed E-state index contributed by atoms with van der Waals surface area (Å²) >= 11 is 0. The zero-order valence-corrected chi connectivity index (χ0v) is 19.2. The van der Waals surface area contributed by atoms with Gasteiger partial charge in [-0.1, -0.05) is 13.8 Å². The number of carbonyl (C=O) groups is 1. The number of fused-ring (bicyclic) bond motifs is 1. The van der Waals surface area contributed by atoms with Gasteiger partial charge in [-0.05, 0) is 25.5 Å². The first kappa shape index (κ1) is 21.4. The predicted octanol–water partition coefficient (Wildman–Crippen LogP) is 2.43. The molecule has 7 nitrogen and oxygen atoms in total. The van der Waals surface area contributed by atoms with Gasteiger partial charge in [-0.2, -0.15) is 0 Å². The Hall–Kier alpha value is -1.29. The summed E-state index contributed by atoms with van der Waals surface area (Å²) in [5.74, 6) is 1.91. The van der Waals surface area contributed by atoms with E-state index >= 15 is 0 Å². The fourth-order valence-corrected chi connectivity index (χ4v) is 4.82. The van der Waals surface area contributed by atoms with Crippen LogP contribution in [0, 0.1) is 11.3 Å². The summed E-state index contributed by atoms with van der Waals surface area (Å²) in [5.41, 5.74) is 0.118. The smallest absolute Gasteiger partial charge is 0.289 e. The second kappa shape index (κ2) is 8.61. The topological polar surface area (TPSA) is 70.3 Å². The molecule has 1 aliphatic carbocycles. The zero-order chi connectivity index (χ0) is 19.0. The summed E-state index contributed by atoms with van der Waals surface area (Å²) in [6, 6.07) is 3.86.